The van der Waals surface area contributed by atoms with Crippen molar-refractivity contribution in [3.8, 4) is 5.75 Å². The molecule has 2 aliphatic rings. The van der Waals surface area contributed by atoms with Gasteiger partial charge in [-0.25, -0.2) is 4.99 Å². The summed E-state index contributed by atoms with van der Waals surface area (Å²) in [7, 11) is 0. The summed E-state index contributed by atoms with van der Waals surface area (Å²) in [4.78, 5) is 17.2. The van der Waals surface area contributed by atoms with E-state index in [0.29, 0.717) is 20.8 Å². The molecule has 7 heteroatoms. The molecule has 0 bridgehead atoms. The lowest BCUT2D eigenvalue weighted by Crippen LogP contribution is -2.19. The normalized spacial score (nSPS) is 19.2. The minimum atomic E-state index is -0.159. The fraction of sp³-hybridized carbons (Fsp3) is 0.111. The third-order valence-electron chi connectivity index (χ3n) is 3.79. The van der Waals surface area contributed by atoms with Crippen LogP contribution in [0.5, 0.6) is 5.75 Å². The molecular formula is C18H12BrClN2O2S. The zero-order valence-corrected chi connectivity index (χ0v) is 16.0. The fourth-order valence-electron chi connectivity index (χ4n) is 2.61. The van der Waals surface area contributed by atoms with Crippen LogP contribution in [0.4, 0.5) is 5.69 Å². The van der Waals surface area contributed by atoms with Crippen molar-refractivity contribution < 1.29 is 9.53 Å². The molecule has 1 N–H and O–H groups in total. The van der Waals surface area contributed by atoms with Crippen LogP contribution in [0.2, 0.25) is 5.02 Å². The number of nitrogens with zero attached hydrogens (tertiary/aromatic N) is 1. The third-order valence-corrected chi connectivity index (χ3v) is 5.50. The molecule has 2 aromatic rings. The highest BCUT2D eigenvalue weighted by Gasteiger charge is 2.24. The van der Waals surface area contributed by atoms with Gasteiger partial charge in [0.15, 0.2) is 5.17 Å². The Kier molecular flexibility index (Phi) is 4.58. The topological polar surface area (TPSA) is 50.7 Å². The lowest BCUT2D eigenvalue weighted by molar-refractivity contribution is -0.115. The molecule has 25 heavy (non-hydrogen) atoms. The van der Waals surface area contributed by atoms with Crippen molar-refractivity contribution in [3.05, 3.63) is 61.9 Å². The van der Waals surface area contributed by atoms with Gasteiger partial charge in [0.1, 0.15) is 5.75 Å². The number of amides is 1. The van der Waals surface area contributed by atoms with Crippen molar-refractivity contribution in [2.75, 3.05) is 6.61 Å². The summed E-state index contributed by atoms with van der Waals surface area (Å²) < 4.78 is 6.39. The summed E-state index contributed by atoms with van der Waals surface area (Å²) in [6, 6.07) is 11.4. The molecule has 2 aromatic carbocycles. The Hall–Kier alpha value is -1.76. The second kappa shape index (κ2) is 6.86. The van der Waals surface area contributed by atoms with Gasteiger partial charge >= 0.3 is 0 Å². The summed E-state index contributed by atoms with van der Waals surface area (Å²) in [6.45, 7) is 0.718. The molecule has 0 spiro atoms. The molecule has 0 atom stereocenters. The van der Waals surface area contributed by atoms with Gasteiger partial charge in [0.2, 0.25) is 0 Å². The first-order valence-electron chi connectivity index (χ1n) is 7.59. The minimum Gasteiger partial charge on any atom is -0.493 e. The Bertz CT molecular complexity index is 943. The number of nitrogens with one attached hydrogen (secondary N) is 1. The zero-order chi connectivity index (χ0) is 17.4. The first kappa shape index (κ1) is 16.7. The third kappa shape index (κ3) is 3.61. The number of halogens is 2. The molecule has 2 aliphatic heterocycles. The van der Waals surface area contributed by atoms with E-state index < -0.39 is 0 Å². The highest BCUT2D eigenvalue weighted by Crippen LogP contribution is 2.33. The van der Waals surface area contributed by atoms with Crippen molar-refractivity contribution >= 4 is 62.1 Å². The molecular weight excluding hydrogens is 424 g/mol. The number of thioether (sulfide) groups is 1. The molecule has 1 amide bonds. The predicted molar refractivity (Wildman–Crippen MR) is 106 cm³/mol. The van der Waals surface area contributed by atoms with E-state index in [0.717, 1.165) is 28.8 Å². The zero-order valence-electron chi connectivity index (χ0n) is 12.9. The van der Waals surface area contributed by atoms with Crippen LogP contribution in [-0.2, 0) is 11.2 Å². The number of carbonyl (C=O) groups is 1. The molecule has 1 saturated heterocycles. The first-order valence-corrected chi connectivity index (χ1v) is 9.57. The number of hydrogen-bond acceptors (Lipinski definition) is 4. The molecule has 2 heterocycles. The second-order valence-corrected chi connectivity index (χ2v) is 7.90. The van der Waals surface area contributed by atoms with E-state index in [2.05, 4.69) is 32.3 Å². The molecule has 0 aromatic heterocycles. The average molecular weight is 436 g/mol. The Labute approximate surface area is 162 Å². The van der Waals surface area contributed by atoms with E-state index in [1.165, 1.54) is 17.3 Å². The van der Waals surface area contributed by atoms with Gasteiger partial charge in [-0.1, -0.05) is 33.6 Å². The molecule has 126 valence electrons. The monoisotopic (exact) mass is 434 g/mol. The number of fused-ring (bicyclic) bond motifs is 1. The quantitative estimate of drug-likeness (QED) is 0.681. The van der Waals surface area contributed by atoms with E-state index in [1.54, 1.807) is 12.1 Å². The number of ether oxygens (including phenoxy) is 1. The van der Waals surface area contributed by atoms with Crippen molar-refractivity contribution in [2.45, 2.75) is 6.42 Å². The molecule has 0 unspecified atom stereocenters. The molecule has 1 fully saturated rings. The summed E-state index contributed by atoms with van der Waals surface area (Å²) in [6.07, 6.45) is 2.77. The molecule has 0 radical (unpaired) electrons. The van der Waals surface area contributed by atoms with Crippen LogP contribution in [0, 0.1) is 0 Å². The Morgan fingerprint density at radius 2 is 2.16 bits per heavy atom. The van der Waals surface area contributed by atoms with Crippen molar-refractivity contribution in [1.82, 2.24) is 5.32 Å². The summed E-state index contributed by atoms with van der Waals surface area (Å²) in [5, 5.41) is 3.82. The predicted octanol–water partition coefficient (Wildman–Crippen LogP) is 4.93. The molecule has 4 rings (SSSR count). The van der Waals surface area contributed by atoms with Crippen LogP contribution >= 0.6 is 39.3 Å². The Balaban J connectivity index is 1.58. The van der Waals surface area contributed by atoms with E-state index in [1.807, 2.05) is 24.3 Å². The Morgan fingerprint density at radius 1 is 1.28 bits per heavy atom. The second-order valence-electron chi connectivity index (χ2n) is 5.54. The number of rotatable bonds is 2. The van der Waals surface area contributed by atoms with Crippen LogP contribution in [0.1, 0.15) is 11.1 Å². The van der Waals surface area contributed by atoms with Crippen LogP contribution in [0.15, 0.2) is 50.8 Å². The van der Waals surface area contributed by atoms with Gasteiger partial charge in [-0.2, -0.15) is 0 Å². The fourth-order valence-corrected chi connectivity index (χ4v) is 4.16. The van der Waals surface area contributed by atoms with Gasteiger partial charge in [0.05, 0.1) is 22.2 Å². The van der Waals surface area contributed by atoms with Gasteiger partial charge in [0, 0.05) is 10.9 Å². The number of amidine groups is 1. The Morgan fingerprint density at radius 3 is 3.00 bits per heavy atom. The van der Waals surface area contributed by atoms with Crippen LogP contribution in [0.3, 0.4) is 0 Å². The first-order chi connectivity index (χ1) is 12.1. The van der Waals surface area contributed by atoms with Gasteiger partial charge in [-0.3, -0.25) is 4.79 Å². The maximum Gasteiger partial charge on any atom is 0.264 e. The van der Waals surface area contributed by atoms with E-state index in [9.17, 15) is 4.79 Å². The average Bonchev–Trinajstić information content (AvgIpc) is 3.17. The van der Waals surface area contributed by atoms with E-state index in [-0.39, 0.29) is 5.91 Å². The minimum absolute atomic E-state index is 0.159. The number of hydrogen-bond donors (Lipinski definition) is 1. The smallest absolute Gasteiger partial charge is 0.264 e. The maximum atomic E-state index is 12.2. The standard InChI is InChI=1S/C18H12BrClN2O2S/c19-12-2-3-14(13(20)9-12)21-18-22-17(23)16(25-18)8-10-1-4-15-11(7-10)5-6-24-15/h1-4,7-9H,5-6H2,(H,21,22,23). The number of carbonyl (C=O) groups excluding carboxylic acids is 1. The van der Waals surface area contributed by atoms with Crippen molar-refractivity contribution in [1.29, 1.82) is 0 Å². The van der Waals surface area contributed by atoms with Gasteiger partial charge < -0.3 is 10.1 Å². The highest BCUT2D eigenvalue weighted by molar-refractivity contribution is 9.10. The van der Waals surface area contributed by atoms with Crippen LogP contribution in [-0.4, -0.2) is 17.7 Å². The van der Waals surface area contributed by atoms with Crippen LogP contribution in [0.25, 0.3) is 6.08 Å². The van der Waals surface area contributed by atoms with Gasteiger partial charge in [-0.15, -0.1) is 0 Å². The van der Waals surface area contributed by atoms with Crippen molar-refractivity contribution in [2.24, 2.45) is 4.99 Å². The SMILES string of the molecule is O=C1NC(=Nc2ccc(Br)cc2Cl)SC1=Cc1ccc2c(c1)CCO2. The number of benzene rings is 2. The summed E-state index contributed by atoms with van der Waals surface area (Å²) in [5.41, 5.74) is 2.77. The molecule has 0 aliphatic carbocycles. The molecule has 4 nitrogen and oxygen atoms in total. The van der Waals surface area contributed by atoms with E-state index >= 15 is 0 Å². The molecule has 0 saturated carbocycles. The highest BCUT2D eigenvalue weighted by atomic mass is 79.9. The van der Waals surface area contributed by atoms with E-state index in [4.69, 9.17) is 16.3 Å². The van der Waals surface area contributed by atoms with Gasteiger partial charge in [0.25, 0.3) is 5.91 Å². The van der Waals surface area contributed by atoms with Crippen LogP contribution < -0.4 is 10.1 Å². The van der Waals surface area contributed by atoms with Gasteiger partial charge in [-0.05, 0) is 59.3 Å². The summed E-state index contributed by atoms with van der Waals surface area (Å²) >= 11 is 10.8. The maximum absolute atomic E-state index is 12.2. The number of aliphatic imine (C=N–C) groups is 1. The summed E-state index contributed by atoms with van der Waals surface area (Å²) in [5.74, 6) is 0.770. The van der Waals surface area contributed by atoms with Crippen molar-refractivity contribution in [3.63, 3.8) is 0 Å². The lowest BCUT2D eigenvalue weighted by Gasteiger charge is -2.00. The lowest BCUT2D eigenvalue weighted by atomic mass is 10.1. The largest absolute Gasteiger partial charge is 0.493 e.